The van der Waals surface area contributed by atoms with Gasteiger partial charge in [0.1, 0.15) is 11.0 Å². The lowest BCUT2D eigenvalue weighted by Crippen LogP contribution is -2.14. The summed E-state index contributed by atoms with van der Waals surface area (Å²) in [6, 6.07) is 6.11. The molecule has 1 heterocycles. The molecule has 1 amide bonds. The van der Waals surface area contributed by atoms with Crippen molar-refractivity contribution in [1.82, 2.24) is 9.97 Å². The number of halogens is 4. The van der Waals surface area contributed by atoms with Crippen LogP contribution in [0.2, 0.25) is 20.5 Å². The fourth-order valence-electron chi connectivity index (χ4n) is 1.35. The van der Waals surface area contributed by atoms with Gasteiger partial charge in [-0.15, -0.1) is 0 Å². The van der Waals surface area contributed by atoms with E-state index in [9.17, 15) is 4.79 Å². The number of benzene rings is 1. The summed E-state index contributed by atoms with van der Waals surface area (Å²) in [6.45, 7) is 0. The van der Waals surface area contributed by atoms with Crippen molar-refractivity contribution in [3.8, 4) is 0 Å². The first-order valence-electron chi connectivity index (χ1n) is 4.93. The normalized spacial score (nSPS) is 10.3. The van der Waals surface area contributed by atoms with Crippen LogP contribution in [-0.2, 0) is 0 Å². The highest BCUT2D eigenvalue weighted by molar-refractivity contribution is 6.40. The first-order chi connectivity index (χ1) is 8.97. The largest absolute Gasteiger partial charge is 0.306 e. The van der Waals surface area contributed by atoms with Crippen molar-refractivity contribution < 1.29 is 4.79 Å². The van der Waals surface area contributed by atoms with Crippen molar-refractivity contribution in [1.29, 1.82) is 0 Å². The van der Waals surface area contributed by atoms with Gasteiger partial charge in [0.05, 0.1) is 15.6 Å². The van der Waals surface area contributed by atoms with Gasteiger partial charge in [-0.3, -0.25) is 4.79 Å². The van der Waals surface area contributed by atoms with E-state index >= 15 is 0 Å². The Hall–Kier alpha value is -1.07. The monoisotopic (exact) mass is 335 g/mol. The maximum Gasteiger partial charge on any atom is 0.259 e. The Bertz CT molecular complexity index is 607. The van der Waals surface area contributed by atoms with Gasteiger partial charge >= 0.3 is 0 Å². The van der Waals surface area contributed by atoms with E-state index in [0.29, 0.717) is 0 Å². The lowest BCUT2D eigenvalue weighted by atomic mass is 10.2. The molecule has 1 N–H and O–H groups in total. The predicted molar refractivity (Wildman–Crippen MR) is 76.5 cm³/mol. The molecule has 19 heavy (non-hydrogen) atoms. The van der Waals surface area contributed by atoms with Gasteiger partial charge in [0.25, 0.3) is 5.91 Å². The molecule has 0 spiro atoms. The van der Waals surface area contributed by atoms with Crippen molar-refractivity contribution in [3.05, 3.63) is 50.3 Å². The van der Waals surface area contributed by atoms with Gasteiger partial charge in [-0.05, 0) is 23.7 Å². The molecule has 0 aliphatic carbocycles. The minimum atomic E-state index is -0.513. The highest BCUT2D eigenvalue weighted by Gasteiger charge is 2.15. The molecular weight excluding hydrogens is 332 g/mol. The molecule has 1 aromatic carbocycles. The maximum atomic E-state index is 12.1. The van der Waals surface area contributed by atoms with Crippen LogP contribution in [0.3, 0.4) is 0 Å². The summed E-state index contributed by atoms with van der Waals surface area (Å²) >= 11 is 23.2. The summed E-state index contributed by atoms with van der Waals surface area (Å²) in [7, 11) is 0. The lowest BCUT2D eigenvalue weighted by Gasteiger charge is -2.08. The maximum absolute atomic E-state index is 12.1. The Balaban J connectivity index is 2.31. The Kier molecular flexibility index (Phi) is 4.47. The summed E-state index contributed by atoms with van der Waals surface area (Å²) in [4.78, 5) is 19.5. The minimum Gasteiger partial charge on any atom is -0.306 e. The van der Waals surface area contributed by atoms with Crippen LogP contribution >= 0.6 is 46.4 Å². The third-order valence-corrected chi connectivity index (χ3v) is 3.09. The number of nitrogens with zero attached hydrogens (tertiary/aromatic N) is 2. The van der Waals surface area contributed by atoms with E-state index in [0.717, 1.165) is 0 Å². The fraction of sp³-hybridized carbons (Fsp3) is 0. The van der Waals surface area contributed by atoms with E-state index < -0.39 is 5.91 Å². The topological polar surface area (TPSA) is 54.9 Å². The second-order valence-corrected chi connectivity index (χ2v) is 4.94. The van der Waals surface area contributed by atoms with Crippen LogP contribution in [0, 0.1) is 0 Å². The zero-order valence-electron chi connectivity index (χ0n) is 9.12. The molecular formula is C11H5Cl4N3O. The smallest absolute Gasteiger partial charge is 0.259 e. The summed E-state index contributed by atoms with van der Waals surface area (Å²) in [5.74, 6) is -0.354. The molecule has 8 heteroatoms. The molecule has 0 atom stereocenters. The van der Waals surface area contributed by atoms with Crippen molar-refractivity contribution >= 4 is 58.1 Å². The molecule has 2 rings (SSSR count). The van der Waals surface area contributed by atoms with Crippen LogP contribution in [0.25, 0.3) is 0 Å². The van der Waals surface area contributed by atoms with E-state index in [4.69, 9.17) is 46.4 Å². The first kappa shape index (κ1) is 14.3. The number of carbonyl (C=O) groups excluding carboxylic acids is 1. The first-order valence-corrected chi connectivity index (χ1v) is 6.44. The number of hydrogen-bond donors (Lipinski definition) is 1. The Morgan fingerprint density at radius 1 is 1.05 bits per heavy atom. The predicted octanol–water partition coefficient (Wildman–Crippen LogP) is 4.34. The number of amides is 1. The molecule has 0 fully saturated rings. The third kappa shape index (κ3) is 3.48. The average molecular weight is 337 g/mol. The molecule has 0 unspecified atom stereocenters. The highest BCUT2D eigenvalue weighted by atomic mass is 35.5. The second-order valence-electron chi connectivity index (χ2n) is 3.40. The van der Waals surface area contributed by atoms with Gasteiger partial charge < -0.3 is 5.32 Å². The Morgan fingerprint density at radius 2 is 1.68 bits per heavy atom. The zero-order valence-corrected chi connectivity index (χ0v) is 12.1. The number of nitrogens with one attached hydrogen (secondary N) is 1. The molecule has 98 valence electrons. The van der Waals surface area contributed by atoms with Crippen LogP contribution in [0.15, 0.2) is 24.3 Å². The molecule has 2 aromatic rings. The van der Waals surface area contributed by atoms with Crippen LogP contribution in [-0.4, -0.2) is 15.9 Å². The van der Waals surface area contributed by atoms with Crippen molar-refractivity contribution in [2.24, 2.45) is 0 Å². The molecule has 0 aliphatic heterocycles. The number of hydrogen-bond acceptors (Lipinski definition) is 3. The SMILES string of the molecule is O=C(Nc1cc(Cl)nc(Cl)n1)c1c(Cl)cccc1Cl. The standard InChI is InChI=1S/C11H5Cl4N3O/c12-5-2-1-3-6(13)9(5)10(19)17-8-4-7(14)16-11(15)18-8/h1-4H,(H,16,17,18,19). The molecule has 0 saturated carbocycles. The summed E-state index contributed by atoms with van der Waals surface area (Å²) in [5.41, 5.74) is 0.150. The molecule has 0 aliphatic rings. The number of aromatic nitrogens is 2. The molecule has 0 radical (unpaired) electrons. The van der Waals surface area contributed by atoms with E-state index in [-0.39, 0.29) is 31.9 Å². The van der Waals surface area contributed by atoms with E-state index in [1.54, 1.807) is 18.2 Å². The number of anilines is 1. The number of rotatable bonds is 2. The molecule has 0 bridgehead atoms. The molecule has 4 nitrogen and oxygen atoms in total. The van der Waals surface area contributed by atoms with Gasteiger partial charge in [0, 0.05) is 6.07 Å². The van der Waals surface area contributed by atoms with Crippen molar-refractivity contribution in [2.45, 2.75) is 0 Å². The lowest BCUT2D eigenvalue weighted by molar-refractivity contribution is 0.102. The van der Waals surface area contributed by atoms with Crippen molar-refractivity contribution in [2.75, 3.05) is 5.32 Å². The fourth-order valence-corrected chi connectivity index (χ4v) is 2.33. The van der Waals surface area contributed by atoms with E-state index in [1.165, 1.54) is 6.07 Å². The Labute approximate surface area is 128 Å². The van der Waals surface area contributed by atoms with Gasteiger partial charge in [0.2, 0.25) is 5.28 Å². The average Bonchev–Trinajstić information content (AvgIpc) is 2.26. The van der Waals surface area contributed by atoms with Gasteiger partial charge in [-0.2, -0.15) is 0 Å². The van der Waals surface area contributed by atoms with Crippen LogP contribution in [0.4, 0.5) is 5.82 Å². The quantitative estimate of drug-likeness (QED) is 0.655. The summed E-state index contributed by atoms with van der Waals surface area (Å²) in [5, 5.41) is 2.99. The summed E-state index contributed by atoms with van der Waals surface area (Å²) < 4.78 is 0. The summed E-state index contributed by atoms with van der Waals surface area (Å²) in [6.07, 6.45) is 0. The van der Waals surface area contributed by atoms with E-state index in [2.05, 4.69) is 15.3 Å². The van der Waals surface area contributed by atoms with Crippen LogP contribution in [0.1, 0.15) is 10.4 Å². The third-order valence-electron chi connectivity index (χ3n) is 2.10. The molecule has 0 saturated heterocycles. The number of carbonyl (C=O) groups is 1. The minimum absolute atomic E-state index is 0.0759. The molecule has 1 aromatic heterocycles. The van der Waals surface area contributed by atoms with Gasteiger partial charge in [-0.25, -0.2) is 9.97 Å². The van der Waals surface area contributed by atoms with Crippen LogP contribution in [0.5, 0.6) is 0 Å². The van der Waals surface area contributed by atoms with E-state index in [1.807, 2.05) is 0 Å². The zero-order chi connectivity index (χ0) is 14.0. The van der Waals surface area contributed by atoms with Crippen molar-refractivity contribution in [3.63, 3.8) is 0 Å². The van der Waals surface area contributed by atoms with Gasteiger partial charge in [0.15, 0.2) is 0 Å². The Morgan fingerprint density at radius 3 is 2.26 bits per heavy atom. The highest BCUT2D eigenvalue weighted by Crippen LogP contribution is 2.25. The second kappa shape index (κ2) is 5.92. The van der Waals surface area contributed by atoms with Crippen LogP contribution < -0.4 is 5.32 Å². The van der Waals surface area contributed by atoms with Gasteiger partial charge in [-0.1, -0.05) is 40.9 Å².